The zero-order chi connectivity index (χ0) is 39.2. The molecule has 1 fully saturated rings. The number of amides is 2. The third-order valence-electron chi connectivity index (χ3n) is 8.41. The Balaban J connectivity index is 1.74. The first-order valence-electron chi connectivity index (χ1n) is 16.7. The van der Waals surface area contributed by atoms with Gasteiger partial charge in [0.2, 0.25) is 9.70 Å². The maximum absolute atomic E-state index is 14.7. The third-order valence-corrected chi connectivity index (χ3v) is 8.74. The number of carbonyl (C=O) groups excluding carboxylic acids is 4. The van der Waals surface area contributed by atoms with E-state index in [0.29, 0.717) is 29.6 Å². The summed E-state index contributed by atoms with van der Waals surface area (Å²) in [6.45, 7) is 10.1. The highest BCUT2D eigenvalue weighted by Gasteiger charge is 2.50. The van der Waals surface area contributed by atoms with Crippen LogP contribution in [-0.2, 0) is 28.7 Å². The summed E-state index contributed by atoms with van der Waals surface area (Å²) in [7, 11) is 0. The number of hydrogen-bond acceptors (Lipinski definition) is 9. The number of benzene rings is 1. The lowest BCUT2D eigenvalue weighted by Crippen LogP contribution is -2.63. The summed E-state index contributed by atoms with van der Waals surface area (Å²) in [6, 6.07) is 3.23. The summed E-state index contributed by atoms with van der Waals surface area (Å²) in [5, 5.41) is 7.01. The fraction of sp³-hybridized carbons (Fsp3) is 0.571. The van der Waals surface area contributed by atoms with Crippen LogP contribution in [0.4, 0.5) is 13.2 Å². The number of aromatic nitrogens is 1. The molecule has 2 amide bonds. The number of carbonyl (C=O) groups is 4. The quantitative estimate of drug-likeness (QED) is 0.156. The number of esters is 2. The van der Waals surface area contributed by atoms with E-state index in [-0.39, 0.29) is 6.54 Å². The molecular weight excluding hydrogens is 750 g/mol. The number of hydrazine groups is 1. The fourth-order valence-corrected chi connectivity index (χ4v) is 5.81. The van der Waals surface area contributed by atoms with Crippen LogP contribution in [0.25, 0.3) is 17.0 Å². The molecule has 5 atom stereocenters. The van der Waals surface area contributed by atoms with Crippen molar-refractivity contribution in [2.75, 3.05) is 13.2 Å². The molecular formula is C35H45Cl3F3N5O6. The molecule has 17 heteroatoms. The van der Waals surface area contributed by atoms with Crippen molar-refractivity contribution in [3.05, 3.63) is 47.7 Å². The Kier molecular flexibility index (Phi) is 14.8. The lowest BCUT2D eigenvalue weighted by molar-refractivity contribution is -0.177. The Morgan fingerprint density at radius 3 is 2.33 bits per heavy atom. The number of alkyl halides is 6. The Hall–Kier alpha value is -3.17. The summed E-state index contributed by atoms with van der Waals surface area (Å²) < 4.78 is 52.5. The standard InChI is InChI=1S/C35H45Cl3F3N5O6/c1-19(2)28(29(48)42-20(3)30(49)46-16-8-9-26(45-46)31(50)51-18-34(36,37)38)44-32(35(39,40)41)33(6,7)15-14-23-10-11-24-12-13-25(43-27(24)17-23)21(4)52-22(5)47/h10-15,17,19-21,26,28,32,44-45H,8-9,16,18H2,1-7H3,(H,42,48)/b15-14+/t20?,21-,26?,28?,32+/m1/s1. The van der Waals surface area contributed by atoms with Crippen molar-refractivity contribution >= 4 is 75.5 Å². The van der Waals surface area contributed by atoms with Gasteiger partial charge in [0.05, 0.1) is 17.3 Å². The smallest absolute Gasteiger partial charge is 0.404 e. The predicted molar refractivity (Wildman–Crippen MR) is 193 cm³/mol. The van der Waals surface area contributed by atoms with Crippen LogP contribution in [0.15, 0.2) is 36.4 Å². The number of rotatable bonds is 13. The van der Waals surface area contributed by atoms with Crippen molar-refractivity contribution in [3.63, 3.8) is 0 Å². The lowest BCUT2D eigenvalue weighted by atomic mass is 9.82. The van der Waals surface area contributed by atoms with Crippen molar-refractivity contribution in [3.8, 4) is 0 Å². The normalized spacial score (nSPS) is 18.2. The average molecular weight is 795 g/mol. The van der Waals surface area contributed by atoms with E-state index >= 15 is 0 Å². The highest BCUT2D eigenvalue weighted by atomic mass is 35.6. The largest absolute Gasteiger partial charge is 0.460 e. The molecule has 3 N–H and O–H groups in total. The topological polar surface area (TPSA) is 139 Å². The number of fused-ring (bicyclic) bond motifs is 1. The van der Waals surface area contributed by atoms with E-state index in [1.165, 1.54) is 33.8 Å². The molecule has 0 saturated carbocycles. The average Bonchev–Trinajstić information content (AvgIpc) is 3.04. The van der Waals surface area contributed by atoms with Gasteiger partial charge in [0.25, 0.3) is 5.91 Å². The number of nitrogens with one attached hydrogen (secondary N) is 3. The van der Waals surface area contributed by atoms with Gasteiger partial charge in [-0.25, -0.2) is 10.4 Å². The van der Waals surface area contributed by atoms with Crippen LogP contribution in [-0.4, -0.2) is 81.0 Å². The SMILES string of the molecule is CC(=O)O[C@H](C)c1ccc2ccc(/C=C/C(C)(C)[C@H](NC(C(=O)NC(C)C(=O)N3CCCC(C(=O)OCC(Cl)(Cl)Cl)N3)C(C)C)C(F)(F)F)cc2n1. The minimum atomic E-state index is -4.77. The van der Waals surface area contributed by atoms with E-state index in [9.17, 15) is 32.3 Å². The van der Waals surface area contributed by atoms with Crippen molar-refractivity contribution < 1.29 is 41.8 Å². The molecule has 2 heterocycles. The molecule has 1 aliphatic heterocycles. The second-order valence-electron chi connectivity index (χ2n) is 13.7. The van der Waals surface area contributed by atoms with Crippen LogP contribution < -0.4 is 16.1 Å². The predicted octanol–water partition coefficient (Wildman–Crippen LogP) is 6.36. The summed E-state index contributed by atoms with van der Waals surface area (Å²) >= 11 is 16.9. The van der Waals surface area contributed by atoms with Crippen LogP contribution in [0.2, 0.25) is 0 Å². The van der Waals surface area contributed by atoms with E-state index in [4.69, 9.17) is 44.3 Å². The van der Waals surface area contributed by atoms with Gasteiger partial charge in [-0.05, 0) is 50.3 Å². The van der Waals surface area contributed by atoms with Gasteiger partial charge >= 0.3 is 18.1 Å². The van der Waals surface area contributed by atoms with Crippen LogP contribution in [0.3, 0.4) is 0 Å². The molecule has 2 aromatic rings. The van der Waals surface area contributed by atoms with Crippen molar-refractivity contribution in [1.29, 1.82) is 0 Å². The van der Waals surface area contributed by atoms with Crippen LogP contribution >= 0.6 is 34.8 Å². The second kappa shape index (κ2) is 17.8. The van der Waals surface area contributed by atoms with Gasteiger partial charge in [-0.15, -0.1) is 0 Å². The first-order chi connectivity index (χ1) is 24.0. The molecule has 1 aromatic carbocycles. The Morgan fingerprint density at radius 1 is 1.08 bits per heavy atom. The van der Waals surface area contributed by atoms with Gasteiger partial charge in [-0.1, -0.05) is 92.8 Å². The number of halogens is 6. The second-order valence-corrected chi connectivity index (χ2v) is 16.2. The Bertz CT molecular complexity index is 1640. The molecule has 52 heavy (non-hydrogen) atoms. The van der Waals surface area contributed by atoms with E-state index in [0.717, 1.165) is 10.4 Å². The van der Waals surface area contributed by atoms with Gasteiger partial charge < -0.3 is 14.8 Å². The van der Waals surface area contributed by atoms with Crippen molar-refractivity contribution in [2.45, 2.75) is 102 Å². The third kappa shape index (κ3) is 12.5. The first kappa shape index (κ1) is 43.2. The molecule has 0 aliphatic carbocycles. The zero-order valence-corrected chi connectivity index (χ0v) is 32.2. The van der Waals surface area contributed by atoms with E-state index in [1.807, 2.05) is 6.07 Å². The van der Waals surface area contributed by atoms with Gasteiger partial charge in [0.1, 0.15) is 30.8 Å². The van der Waals surface area contributed by atoms with Gasteiger partial charge in [0, 0.05) is 24.3 Å². The minimum Gasteiger partial charge on any atom is -0.460 e. The molecule has 0 spiro atoms. The zero-order valence-electron chi connectivity index (χ0n) is 29.9. The maximum Gasteiger partial charge on any atom is 0.404 e. The minimum absolute atomic E-state index is 0.206. The Labute approximate surface area is 316 Å². The Morgan fingerprint density at radius 2 is 1.73 bits per heavy atom. The monoisotopic (exact) mass is 793 g/mol. The van der Waals surface area contributed by atoms with Gasteiger partial charge in [-0.3, -0.25) is 29.5 Å². The summed E-state index contributed by atoms with van der Waals surface area (Å²) in [4.78, 5) is 55.1. The van der Waals surface area contributed by atoms with Crippen molar-refractivity contribution in [1.82, 2.24) is 26.1 Å². The number of nitrogens with zero attached hydrogens (tertiary/aromatic N) is 2. The van der Waals surface area contributed by atoms with Crippen molar-refractivity contribution in [2.24, 2.45) is 11.3 Å². The molecule has 1 saturated heterocycles. The van der Waals surface area contributed by atoms with Crippen LogP contribution in [0.5, 0.6) is 0 Å². The van der Waals surface area contributed by atoms with E-state index < -0.39 is 81.9 Å². The summed E-state index contributed by atoms with van der Waals surface area (Å²) in [6.07, 6.45) is -1.62. The van der Waals surface area contributed by atoms with E-state index in [2.05, 4.69) is 21.0 Å². The molecule has 3 rings (SSSR count). The van der Waals surface area contributed by atoms with Crippen LogP contribution in [0.1, 0.15) is 78.7 Å². The maximum atomic E-state index is 14.7. The fourth-order valence-electron chi connectivity index (χ4n) is 5.65. The highest BCUT2D eigenvalue weighted by Crippen LogP contribution is 2.36. The van der Waals surface area contributed by atoms with Gasteiger partial charge in [-0.2, -0.15) is 13.2 Å². The number of hydrogen-bond donors (Lipinski definition) is 3. The lowest BCUT2D eigenvalue weighted by Gasteiger charge is -2.38. The number of ether oxygens (including phenoxy) is 2. The molecule has 1 aromatic heterocycles. The summed E-state index contributed by atoms with van der Waals surface area (Å²) in [5.74, 6) is -3.21. The highest BCUT2D eigenvalue weighted by molar-refractivity contribution is 6.67. The van der Waals surface area contributed by atoms with Crippen LogP contribution in [0, 0.1) is 11.3 Å². The molecule has 1 aliphatic rings. The first-order valence-corrected chi connectivity index (χ1v) is 17.8. The molecule has 11 nitrogen and oxygen atoms in total. The molecule has 3 unspecified atom stereocenters. The number of pyridine rings is 1. The molecule has 288 valence electrons. The molecule has 0 radical (unpaired) electrons. The summed E-state index contributed by atoms with van der Waals surface area (Å²) in [5.41, 5.74) is 2.87. The van der Waals surface area contributed by atoms with E-state index in [1.54, 1.807) is 51.1 Å². The van der Waals surface area contributed by atoms with Gasteiger partial charge in [0.15, 0.2) is 0 Å². The molecule has 0 bridgehead atoms.